The van der Waals surface area contributed by atoms with Gasteiger partial charge in [-0.15, -0.1) is 0 Å². The first-order chi connectivity index (χ1) is 16.3. The Morgan fingerprint density at radius 2 is 1.44 bits per heavy atom. The molecule has 3 rings (SSSR count). The molecular formula is C27H39N2O5+. The summed E-state index contributed by atoms with van der Waals surface area (Å²) >= 11 is 0. The van der Waals surface area contributed by atoms with Crippen LogP contribution >= 0.6 is 0 Å². The van der Waals surface area contributed by atoms with Crippen molar-refractivity contribution in [1.29, 1.82) is 0 Å². The van der Waals surface area contributed by atoms with Crippen LogP contribution in [0, 0.1) is 0 Å². The lowest BCUT2D eigenvalue weighted by molar-refractivity contribution is -0.890. The van der Waals surface area contributed by atoms with Crippen molar-refractivity contribution < 1.29 is 28.2 Å². The molecule has 0 spiro atoms. The maximum Gasteiger partial charge on any atom is 0.227 e. The summed E-state index contributed by atoms with van der Waals surface area (Å²) in [5.41, 5.74) is 3.44. The first-order valence-electron chi connectivity index (χ1n) is 11.8. The van der Waals surface area contributed by atoms with Gasteiger partial charge in [0.2, 0.25) is 5.91 Å². The average molecular weight is 472 g/mol. The fraction of sp³-hybridized carbons (Fsp3) is 0.519. The highest BCUT2D eigenvalue weighted by Crippen LogP contribution is 2.32. The number of rotatable bonds is 11. The molecule has 0 bridgehead atoms. The van der Waals surface area contributed by atoms with Crippen LogP contribution in [0.1, 0.15) is 23.1 Å². The molecule has 0 unspecified atom stereocenters. The second-order valence-electron chi connectivity index (χ2n) is 9.46. The minimum absolute atomic E-state index is 0.182. The zero-order chi connectivity index (χ0) is 24.7. The quantitative estimate of drug-likeness (QED) is 0.471. The molecule has 0 saturated carbocycles. The number of carbonyl (C=O) groups is 1. The van der Waals surface area contributed by atoms with Crippen molar-refractivity contribution in [2.75, 3.05) is 68.7 Å². The van der Waals surface area contributed by atoms with Crippen LogP contribution in [0.5, 0.6) is 23.0 Å². The van der Waals surface area contributed by atoms with Gasteiger partial charge in [-0.1, -0.05) is 6.07 Å². The van der Waals surface area contributed by atoms with Crippen LogP contribution in [0.3, 0.4) is 0 Å². The van der Waals surface area contributed by atoms with Crippen LogP contribution in [0.25, 0.3) is 0 Å². The van der Waals surface area contributed by atoms with E-state index in [1.165, 1.54) is 11.1 Å². The number of hydrogen-bond acceptors (Lipinski definition) is 5. The van der Waals surface area contributed by atoms with E-state index >= 15 is 0 Å². The van der Waals surface area contributed by atoms with E-state index in [-0.39, 0.29) is 5.91 Å². The lowest BCUT2D eigenvalue weighted by atomic mass is 10.0. The molecule has 186 valence electrons. The highest BCUT2D eigenvalue weighted by molar-refractivity contribution is 5.80. The fourth-order valence-corrected chi connectivity index (χ4v) is 4.52. The van der Waals surface area contributed by atoms with Crippen molar-refractivity contribution >= 4 is 5.91 Å². The zero-order valence-electron chi connectivity index (χ0n) is 21.5. The van der Waals surface area contributed by atoms with Gasteiger partial charge in [0.15, 0.2) is 23.0 Å². The summed E-state index contributed by atoms with van der Waals surface area (Å²) in [5.74, 6) is 3.09. The van der Waals surface area contributed by atoms with Gasteiger partial charge in [-0.25, -0.2) is 0 Å². The molecule has 0 N–H and O–H groups in total. The molecule has 7 nitrogen and oxygen atoms in total. The summed E-state index contributed by atoms with van der Waals surface area (Å²) in [6, 6.07) is 10.1. The van der Waals surface area contributed by atoms with E-state index in [1.807, 2.05) is 23.1 Å². The number of likely N-dealkylation sites (N-methyl/N-ethyl adjacent to an activating group) is 1. The van der Waals surface area contributed by atoms with E-state index < -0.39 is 0 Å². The predicted molar refractivity (Wildman–Crippen MR) is 133 cm³/mol. The Balaban J connectivity index is 1.52. The van der Waals surface area contributed by atoms with Crippen molar-refractivity contribution in [3.63, 3.8) is 0 Å². The standard InChI is InChI=1S/C27H39N2O5/c1-29(2,15-11-20-8-9-23(31-3)24(16-20)32-4)14-7-12-28-13-10-21-17-25(33-5)26(34-6)18-22(21)19-27(28)30/h8-9,16-18H,7,10-15,19H2,1-6H3/q+1. The third kappa shape index (κ3) is 6.35. The van der Waals surface area contributed by atoms with Gasteiger partial charge >= 0.3 is 0 Å². The second-order valence-corrected chi connectivity index (χ2v) is 9.46. The first kappa shape index (κ1) is 25.7. The zero-order valence-corrected chi connectivity index (χ0v) is 21.5. The average Bonchev–Trinajstić information content (AvgIpc) is 2.99. The molecule has 0 aliphatic carbocycles. The summed E-state index contributed by atoms with van der Waals surface area (Å²) in [5, 5.41) is 0. The van der Waals surface area contributed by atoms with Crippen LogP contribution in [0.2, 0.25) is 0 Å². The Bertz CT molecular complexity index is 989. The van der Waals surface area contributed by atoms with Crippen LogP contribution in [0.4, 0.5) is 0 Å². The van der Waals surface area contributed by atoms with Crippen LogP contribution in [-0.4, -0.2) is 84.0 Å². The number of nitrogens with zero attached hydrogens (tertiary/aromatic N) is 2. The third-order valence-corrected chi connectivity index (χ3v) is 6.70. The molecule has 1 aliphatic heterocycles. The van der Waals surface area contributed by atoms with E-state index in [4.69, 9.17) is 18.9 Å². The Hall–Kier alpha value is -2.93. The molecular weight excluding hydrogens is 432 g/mol. The van der Waals surface area contributed by atoms with E-state index in [0.717, 1.165) is 72.7 Å². The number of carbonyl (C=O) groups excluding carboxylic acids is 1. The lowest BCUT2D eigenvalue weighted by Crippen LogP contribution is -2.44. The highest BCUT2D eigenvalue weighted by atomic mass is 16.5. The Kier molecular flexibility index (Phi) is 8.67. The van der Waals surface area contributed by atoms with E-state index in [1.54, 1.807) is 28.4 Å². The molecule has 0 aromatic heterocycles. The monoisotopic (exact) mass is 471 g/mol. The number of fused-ring (bicyclic) bond motifs is 1. The molecule has 2 aromatic carbocycles. The number of quaternary nitrogens is 1. The summed E-state index contributed by atoms with van der Waals surface area (Å²) in [4.78, 5) is 14.9. The van der Waals surface area contributed by atoms with Gasteiger partial charge in [0.25, 0.3) is 0 Å². The Morgan fingerprint density at radius 3 is 2.09 bits per heavy atom. The normalized spacial score (nSPS) is 13.8. The number of benzene rings is 2. The van der Waals surface area contributed by atoms with Crippen molar-refractivity contribution in [2.24, 2.45) is 0 Å². The van der Waals surface area contributed by atoms with Crippen molar-refractivity contribution in [3.8, 4) is 23.0 Å². The Morgan fingerprint density at radius 1 is 0.824 bits per heavy atom. The number of ether oxygens (including phenoxy) is 4. The summed E-state index contributed by atoms with van der Waals surface area (Å²) in [6.07, 6.45) is 3.16. The van der Waals surface area contributed by atoms with E-state index in [0.29, 0.717) is 12.2 Å². The molecule has 0 fully saturated rings. The lowest BCUT2D eigenvalue weighted by Gasteiger charge is -2.31. The predicted octanol–water partition coefficient (Wildman–Crippen LogP) is 3.36. The second kappa shape index (κ2) is 11.5. The van der Waals surface area contributed by atoms with Gasteiger partial charge in [-0.2, -0.15) is 0 Å². The van der Waals surface area contributed by atoms with Crippen LogP contribution in [-0.2, 0) is 24.1 Å². The largest absolute Gasteiger partial charge is 0.493 e. The van der Waals surface area contributed by atoms with Gasteiger partial charge in [0.1, 0.15) is 0 Å². The fourth-order valence-electron chi connectivity index (χ4n) is 4.52. The summed E-state index contributed by atoms with van der Waals surface area (Å²) in [6.45, 7) is 3.53. The van der Waals surface area contributed by atoms with Crippen molar-refractivity contribution in [2.45, 2.75) is 25.7 Å². The van der Waals surface area contributed by atoms with Crippen LogP contribution < -0.4 is 18.9 Å². The highest BCUT2D eigenvalue weighted by Gasteiger charge is 2.23. The molecule has 1 amide bonds. The third-order valence-electron chi connectivity index (χ3n) is 6.70. The minimum atomic E-state index is 0.182. The number of amides is 1. The minimum Gasteiger partial charge on any atom is -0.493 e. The topological polar surface area (TPSA) is 57.2 Å². The smallest absolute Gasteiger partial charge is 0.227 e. The first-order valence-corrected chi connectivity index (χ1v) is 11.8. The van der Waals surface area contributed by atoms with Crippen molar-refractivity contribution in [1.82, 2.24) is 4.90 Å². The van der Waals surface area contributed by atoms with Crippen LogP contribution in [0.15, 0.2) is 30.3 Å². The van der Waals surface area contributed by atoms with Gasteiger partial charge in [-0.05, 0) is 47.4 Å². The van der Waals surface area contributed by atoms with Gasteiger partial charge < -0.3 is 28.3 Å². The summed E-state index contributed by atoms with van der Waals surface area (Å²) < 4.78 is 22.5. The number of methoxy groups -OCH3 is 4. The van der Waals surface area contributed by atoms with Gasteiger partial charge in [-0.3, -0.25) is 4.79 Å². The molecule has 1 heterocycles. The van der Waals surface area contributed by atoms with Gasteiger partial charge in [0, 0.05) is 25.9 Å². The molecule has 0 atom stereocenters. The molecule has 34 heavy (non-hydrogen) atoms. The molecule has 7 heteroatoms. The maximum absolute atomic E-state index is 12.9. The number of hydrogen-bond donors (Lipinski definition) is 0. The van der Waals surface area contributed by atoms with E-state index in [2.05, 4.69) is 26.2 Å². The molecule has 0 radical (unpaired) electrons. The summed E-state index contributed by atoms with van der Waals surface area (Å²) in [7, 11) is 11.1. The van der Waals surface area contributed by atoms with E-state index in [9.17, 15) is 4.79 Å². The SMILES string of the molecule is COc1ccc(CC[N+](C)(C)CCCN2CCc3cc(OC)c(OC)cc3CC2=O)cc1OC. The van der Waals surface area contributed by atoms with Gasteiger partial charge in [0.05, 0.1) is 62.0 Å². The molecule has 1 aliphatic rings. The Labute approximate surface area is 203 Å². The maximum atomic E-state index is 12.9. The molecule has 2 aromatic rings. The molecule has 0 saturated heterocycles. The van der Waals surface area contributed by atoms with Crippen molar-refractivity contribution in [3.05, 3.63) is 47.0 Å².